The minimum Gasteiger partial charge on any atom is -0.326 e. The minimum absolute atomic E-state index is 0.0456. The van der Waals surface area contributed by atoms with Crippen LogP contribution in [0.5, 0.6) is 0 Å². The summed E-state index contributed by atoms with van der Waals surface area (Å²) in [6.45, 7) is 1.76. The van der Waals surface area contributed by atoms with Gasteiger partial charge in [-0.3, -0.25) is 9.48 Å². The fourth-order valence-electron chi connectivity index (χ4n) is 3.62. The molecular formula is C18H22N8O. The fourth-order valence-corrected chi connectivity index (χ4v) is 3.62. The Bertz CT molecular complexity index is 902. The predicted molar refractivity (Wildman–Crippen MR) is 99.8 cm³/mol. The molecule has 1 amide bonds. The van der Waals surface area contributed by atoms with E-state index in [-0.39, 0.29) is 17.7 Å². The molecule has 27 heavy (non-hydrogen) atoms. The van der Waals surface area contributed by atoms with Crippen LogP contribution in [0.25, 0.3) is 11.4 Å². The first kappa shape index (κ1) is 17.3. The highest BCUT2D eigenvalue weighted by atomic mass is 16.1. The zero-order valence-corrected chi connectivity index (χ0v) is 15.3. The van der Waals surface area contributed by atoms with Gasteiger partial charge in [0.25, 0.3) is 0 Å². The van der Waals surface area contributed by atoms with E-state index in [1.807, 2.05) is 43.7 Å². The topological polar surface area (TPSA) is 105 Å². The molecule has 1 aromatic carbocycles. The number of nitrogens with zero attached hydrogens (tertiary/aromatic N) is 6. The fraction of sp³-hybridized carbons (Fsp3) is 0.389. The first-order valence-electron chi connectivity index (χ1n) is 8.92. The van der Waals surface area contributed by atoms with Crippen LogP contribution in [0.2, 0.25) is 0 Å². The molecule has 0 radical (unpaired) electrons. The molecule has 0 bridgehead atoms. The largest absolute Gasteiger partial charge is 0.326 e. The number of carbonyl (C=O) groups is 1. The second-order valence-electron chi connectivity index (χ2n) is 7.01. The number of piperidine rings is 1. The van der Waals surface area contributed by atoms with Crippen LogP contribution in [0, 0.1) is 5.92 Å². The summed E-state index contributed by atoms with van der Waals surface area (Å²) in [6.07, 6.45) is 4.69. The summed E-state index contributed by atoms with van der Waals surface area (Å²) in [6, 6.07) is 7.46. The number of aryl methyl sites for hydroxylation is 1. The van der Waals surface area contributed by atoms with Crippen LogP contribution in [0.1, 0.15) is 17.9 Å². The number of likely N-dealkylation sites (N-methyl/N-ethyl adjacent to an activating group) is 1. The Hall–Kier alpha value is -3.07. The van der Waals surface area contributed by atoms with Crippen LogP contribution < -0.4 is 5.32 Å². The molecule has 0 saturated carbocycles. The van der Waals surface area contributed by atoms with Crippen molar-refractivity contribution in [2.24, 2.45) is 13.0 Å². The number of hydrogen-bond donors (Lipinski definition) is 2. The molecule has 9 heteroatoms. The third kappa shape index (κ3) is 3.72. The summed E-state index contributed by atoms with van der Waals surface area (Å²) < 4.78 is 1.79. The smallest absolute Gasteiger partial charge is 0.228 e. The van der Waals surface area contributed by atoms with Gasteiger partial charge in [-0.05, 0) is 55.1 Å². The highest BCUT2D eigenvalue weighted by molar-refractivity contribution is 5.93. The van der Waals surface area contributed by atoms with Gasteiger partial charge < -0.3 is 10.2 Å². The van der Waals surface area contributed by atoms with Gasteiger partial charge in [0.1, 0.15) is 0 Å². The van der Waals surface area contributed by atoms with Crippen molar-refractivity contribution < 1.29 is 4.79 Å². The number of rotatable bonds is 4. The van der Waals surface area contributed by atoms with E-state index in [9.17, 15) is 4.79 Å². The Balaban J connectivity index is 1.49. The van der Waals surface area contributed by atoms with Crippen LogP contribution in [0.4, 0.5) is 5.69 Å². The van der Waals surface area contributed by atoms with Crippen LogP contribution >= 0.6 is 0 Å². The number of carbonyl (C=O) groups excluding carboxylic acids is 1. The predicted octanol–water partition coefficient (Wildman–Crippen LogP) is 1.27. The van der Waals surface area contributed by atoms with Gasteiger partial charge in [0.15, 0.2) is 0 Å². The number of benzene rings is 1. The number of likely N-dealkylation sites (tertiary alicyclic amines) is 1. The second kappa shape index (κ2) is 7.28. The molecule has 4 rings (SSSR count). The number of anilines is 1. The summed E-state index contributed by atoms with van der Waals surface area (Å²) >= 11 is 0. The third-order valence-corrected chi connectivity index (χ3v) is 5.06. The normalized spacial score (nSPS) is 20.5. The molecule has 2 unspecified atom stereocenters. The Morgan fingerprint density at radius 1 is 1.26 bits per heavy atom. The lowest BCUT2D eigenvalue weighted by Crippen LogP contribution is -2.41. The summed E-state index contributed by atoms with van der Waals surface area (Å²) in [4.78, 5) is 15.2. The Kier molecular flexibility index (Phi) is 4.68. The van der Waals surface area contributed by atoms with Gasteiger partial charge in [-0.25, -0.2) is 0 Å². The van der Waals surface area contributed by atoms with Crippen molar-refractivity contribution in [2.45, 2.75) is 12.3 Å². The number of nitrogens with one attached hydrogen (secondary N) is 2. The van der Waals surface area contributed by atoms with Gasteiger partial charge in [-0.15, -0.1) is 10.2 Å². The first-order valence-corrected chi connectivity index (χ1v) is 8.92. The molecule has 2 aromatic heterocycles. The molecule has 3 heterocycles. The van der Waals surface area contributed by atoms with Crippen molar-refractivity contribution in [3.63, 3.8) is 0 Å². The summed E-state index contributed by atoms with van der Waals surface area (Å²) in [5.74, 6) is 0.627. The maximum atomic E-state index is 13.0. The first-order chi connectivity index (χ1) is 13.1. The number of aromatic nitrogens is 6. The Morgan fingerprint density at radius 2 is 2.07 bits per heavy atom. The molecule has 9 nitrogen and oxygen atoms in total. The van der Waals surface area contributed by atoms with E-state index in [0.29, 0.717) is 5.82 Å². The van der Waals surface area contributed by atoms with Crippen LogP contribution in [-0.4, -0.2) is 61.3 Å². The van der Waals surface area contributed by atoms with E-state index in [2.05, 4.69) is 43.0 Å². The van der Waals surface area contributed by atoms with Gasteiger partial charge in [-0.2, -0.15) is 10.3 Å². The lowest BCUT2D eigenvalue weighted by molar-refractivity contribution is -0.121. The third-order valence-electron chi connectivity index (χ3n) is 5.06. The molecule has 0 spiro atoms. The van der Waals surface area contributed by atoms with E-state index in [1.165, 1.54) is 0 Å². The van der Waals surface area contributed by atoms with Crippen molar-refractivity contribution >= 4 is 11.6 Å². The van der Waals surface area contributed by atoms with Crippen LogP contribution in [-0.2, 0) is 11.8 Å². The van der Waals surface area contributed by atoms with Gasteiger partial charge in [0.2, 0.25) is 11.7 Å². The van der Waals surface area contributed by atoms with E-state index in [4.69, 9.17) is 0 Å². The van der Waals surface area contributed by atoms with E-state index in [1.54, 1.807) is 4.68 Å². The molecule has 1 saturated heterocycles. The molecule has 140 valence electrons. The number of H-pyrrole nitrogens is 1. The minimum atomic E-state index is -0.0812. The summed E-state index contributed by atoms with van der Waals surface area (Å²) in [7, 11) is 3.99. The van der Waals surface area contributed by atoms with Gasteiger partial charge in [-0.1, -0.05) is 0 Å². The van der Waals surface area contributed by atoms with Gasteiger partial charge in [0.05, 0.1) is 6.20 Å². The second-order valence-corrected chi connectivity index (χ2v) is 7.01. The maximum Gasteiger partial charge on any atom is 0.228 e. The van der Waals surface area contributed by atoms with E-state index in [0.717, 1.165) is 36.3 Å². The lowest BCUT2D eigenvalue weighted by atomic mass is 9.81. The number of amides is 1. The van der Waals surface area contributed by atoms with Crippen LogP contribution in [0.15, 0.2) is 36.7 Å². The lowest BCUT2D eigenvalue weighted by Gasteiger charge is -2.35. The standard InChI is InChI=1S/C18H22N8O/c1-25-8-7-15(16(11-25)13-9-19-26(2)10-13)18(27)20-14-5-3-12(4-6-14)17-21-23-24-22-17/h3-6,9-10,15-16H,7-8,11H2,1-2H3,(H,20,27)(H,21,22,23,24). The average Bonchev–Trinajstić information content (AvgIpc) is 3.34. The van der Waals surface area contributed by atoms with Crippen LogP contribution in [0.3, 0.4) is 0 Å². The monoisotopic (exact) mass is 366 g/mol. The molecular weight excluding hydrogens is 344 g/mol. The van der Waals surface area contributed by atoms with Crippen molar-refractivity contribution in [2.75, 3.05) is 25.5 Å². The van der Waals surface area contributed by atoms with Crippen molar-refractivity contribution in [3.05, 3.63) is 42.2 Å². The van der Waals surface area contributed by atoms with Gasteiger partial charge >= 0.3 is 0 Å². The summed E-state index contributed by atoms with van der Waals surface area (Å²) in [5, 5.41) is 21.2. The van der Waals surface area contributed by atoms with Gasteiger partial charge in [0, 0.05) is 42.9 Å². The molecule has 3 aromatic rings. The SMILES string of the molecule is CN1CCC(C(=O)Nc2ccc(-c3nn[nH]n3)cc2)C(c2cnn(C)c2)C1. The summed E-state index contributed by atoms with van der Waals surface area (Å²) in [5.41, 5.74) is 2.71. The Labute approximate surface area is 156 Å². The highest BCUT2D eigenvalue weighted by Gasteiger charge is 2.34. The highest BCUT2D eigenvalue weighted by Crippen LogP contribution is 2.33. The zero-order chi connectivity index (χ0) is 18.8. The molecule has 2 N–H and O–H groups in total. The molecule has 1 aliphatic rings. The molecule has 0 aliphatic carbocycles. The molecule has 1 aliphatic heterocycles. The maximum absolute atomic E-state index is 13.0. The van der Waals surface area contributed by atoms with E-state index < -0.39 is 0 Å². The van der Waals surface area contributed by atoms with E-state index >= 15 is 0 Å². The quantitative estimate of drug-likeness (QED) is 0.721. The van der Waals surface area contributed by atoms with Crippen molar-refractivity contribution in [3.8, 4) is 11.4 Å². The molecule has 1 fully saturated rings. The number of aromatic amines is 1. The zero-order valence-electron chi connectivity index (χ0n) is 15.3. The van der Waals surface area contributed by atoms with Crippen molar-refractivity contribution in [1.82, 2.24) is 35.3 Å². The number of hydrogen-bond acceptors (Lipinski definition) is 6. The molecule has 2 atom stereocenters. The van der Waals surface area contributed by atoms with Crippen molar-refractivity contribution in [1.29, 1.82) is 0 Å². The average molecular weight is 366 g/mol. The number of tetrazole rings is 1. The Morgan fingerprint density at radius 3 is 2.74 bits per heavy atom.